The van der Waals surface area contributed by atoms with Crippen molar-refractivity contribution in [3.05, 3.63) is 16.8 Å². The average molecular weight is 278 g/mol. The highest BCUT2D eigenvalue weighted by atomic mass is 35.7. The van der Waals surface area contributed by atoms with E-state index in [4.69, 9.17) is 27.4 Å². The third-order valence-electron chi connectivity index (χ3n) is 1.45. The van der Waals surface area contributed by atoms with E-state index in [-0.39, 0.29) is 0 Å². The van der Waals surface area contributed by atoms with Gasteiger partial charge in [0.05, 0.1) is 16.8 Å². The molecular weight excluding hydrogens is 275 g/mol. The number of aromatic hydroxyl groups is 1. The van der Waals surface area contributed by atoms with Gasteiger partial charge in [0.2, 0.25) is 0 Å². The van der Waals surface area contributed by atoms with Crippen molar-refractivity contribution in [2.24, 2.45) is 0 Å². The summed E-state index contributed by atoms with van der Waals surface area (Å²) in [5.74, 6) is -0.740. The highest BCUT2D eigenvalue weighted by Crippen LogP contribution is 2.37. The first kappa shape index (κ1) is 12.4. The molecule has 0 aromatic carbocycles. The number of rotatable bonds is 2. The van der Waals surface area contributed by atoms with E-state index < -0.39 is 36.8 Å². The maximum absolute atomic E-state index is 12.4. The van der Waals surface area contributed by atoms with Crippen LogP contribution >= 0.6 is 22.3 Å². The van der Waals surface area contributed by atoms with Gasteiger partial charge in [-0.15, -0.1) is 0 Å². The summed E-state index contributed by atoms with van der Waals surface area (Å²) in [7, 11) is 0.436. The van der Waals surface area contributed by atoms with E-state index in [9.17, 15) is 17.2 Å². The normalized spacial score (nSPS) is 12.1. The molecule has 4 nitrogen and oxygen atoms in total. The van der Waals surface area contributed by atoms with Crippen LogP contribution in [-0.2, 0) is 9.05 Å². The molecule has 0 spiro atoms. The van der Waals surface area contributed by atoms with E-state index in [2.05, 4.69) is 4.98 Å². The third kappa shape index (κ3) is 2.47. The molecule has 0 saturated carbocycles. The number of halogens is 4. The van der Waals surface area contributed by atoms with Gasteiger partial charge in [-0.25, -0.2) is 22.2 Å². The lowest BCUT2D eigenvalue weighted by Crippen LogP contribution is -2.03. The van der Waals surface area contributed by atoms with Crippen molar-refractivity contribution in [2.45, 2.75) is 11.5 Å². The molecular formula is C6H3Cl2F2NO3S. The van der Waals surface area contributed by atoms with Gasteiger partial charge in [-0.3, -0.25) is 0 Å². The van der Waals surface area contributed by atoms with Gasteiger partial charge >= 0.3 is 0 Å². The van der Waals surface area contributed by atoms with Gasteiger partial charge in [0.25, 0.3) is 15.5 Å². The van der Waals surface area contributed by atoms with Crippen LogP contribution in [0.1, 0.15) is 12.0 Å². The molecule has 15 heavy (non-hydrogen) atoms. The Morgan fingerprint density at radius 3 is 2.40 bits per heavy atom. The molecule has 1 rings (SSSR count). The molecule has 84 valence electrons. The Morgan fingerprint density at radius 2 is 2.00 bits per heavy atom. The van der Waals surface area contributed by atoms with Crippen LogP contribution in [-0.4, -0.2) is 18.5 Å². The predicted octanol–water partition coefficient (Wildman–Crippen LogP) is 2.31. The lowest BCUT2D eigenvalue weighted by Gasteiger charge is -2.07. The molecule has 0 atom stereocenters. The smallest absolute Gasteiger partial charge is 0.279 e. The van der Waals surface area contributed by atoms with E-state index in [1.165, 1.54) is 0 Å². The van der Waals surface area contributed by atoms with Crippen LogP contribution in [0.3, 0.4) is 0 Å². The van der Waals surface area contributed by atoms with Crippen LogP contribution < -0.4 is 0 Å². The van der Waals surface area contributed by atoms with Crippen LogP contribution in [0.5, 0.6) is 5.75 Å². The minimum atomic E-state index is -4.43. The summed E-state index contributed by atoms with van der Waals surface area (Å²) in [6.45, 7) is 0. The van der Waals surface area contributed by atoms with Crippen molar-refractivity contribution >= 4 is 31.3 Å². The second-order valence-electron chi connectivity index (χ2n) is 2.41. The number of hydrogen-bond donors (Lipinski definition) is 1. The zero-order valence-electron chi connectivity index (χ0n) is 6.79. The lowest BCUT2D eigenvalue weighted by molar-refractivity contribution is 0.146. The monoisotopic (exact) mass is 277 g/mol. The number of alkyl halides is 2. The molecule has 0 saturated heterocycles. The van der Waals surface area contributed by atoms with E-state index >= 15 is 0 Å². The maximum atomic E-state index is 12.4. The quantitative estimate of drug-likeness (QED) is 0.843. The Hall–Kier alpha value is -0.660. The van der Waals surface area contributed by atoms with Crippen LogP contribution in [0.4, 0.5) is 8.78 Å². The predicted molar refractivity (Wildman–Crippen MR) is 48.9 cm³/mol. The number of nitrogens with zero attached hydrogens (tertiary/aromatic N) is 1. The fourth-order valence-electron chi connectivity index (χ4n) is 0.861. The fraction of sp³-hybridized carbons (Fsp3) is 0.167. The molecule has 0 fully saturated rings. The number of pyridine rings is 1. The topological polar surface area (TPSA) is 67.3 Å². The Labute approximate surface area is 92.9 Å². The average Bonchev–Trinajstić information content (AvgIpc) is 2.06. The molecule has 1 N–H and O–H groups in total. The SMILES string of the molecule is O=S(=O)(Cl)c1ncc(O)c(Cl)c1C(F)F. The Bertz CT molecular complexity index is 491. The van der Waals surface area contributed by atoms with Crippen LogP contribution in [0.2, 0.25) is 5.02 Å². The molecule has 0 bridgehead atoms. The van der Waals surface area contributed by atoms with E-state index in [1.54, 1.807) is 0 Å². The van der Waals surface area contributed by atoms with E-state index in [0.29, 0.717) is 6.20 Å². The van der Waals surface area contributed by atoms with Gasteiger partial charge in [0, 0.05) is 10.7 Å². The Kier molecular flexibility index (Phi) is 3.37. The molecule has 1 aromatic rings. The molecule has 1 heterocycles. The minimum Gasteiger partial charge on any atom is -0.505 e. The molecule has 0 aliphatic rings. The summed E-state index contributed by atoms with van der Waals surface area (Å²) in [5, 5.41) is 7.14. The van der Waals surface area contributed by atoms with Crippen LogP contribution in [0, 0.1) is 0 Å². The van der Waals surface area contributed by atoms with Crippen LogP contribution in [0.15, 0.2) is 11.2 Å². The highest BCUT2D eigenvalue weighted by Gasteiger charge is 2.28. The minimum absolute atomic E-state index is 0.628. The summed E-state index contributed by atoms with van der Waals surface area (Å²) in [4.78, 5) is 3.10. The second-order valence-corrected chi connectivity index (χ2v) is 5.27. The van der Waals surface area contributed by atoms with E-state index in [0.717, 1.165) is 0 Å². The summed E-state index contributed by atoms with van der Waals surface area (Å²) in [6.07, 6.45) is -2.58. The number of aromatic nitrogens is 1. The van der Waals surface area contributed by atoms with Gasteiger partial charge in [-0.1, -0.05) is 11.6 Å². The first-order valence-corrected chi connectivity index (χ1v) is 6.04. The van der Waals surface area contributed by atoms with Gasteiger partial charge in [-0.05, 0) is 0 Å². The number of hydrogen-bond acceptors (Lipinski definition) is 4. The molecule has 9 heteroatoms. The molecule has 0 radical (unpaired) electrons. The second kappa shape index (κ2) is 4.07. The summed E-state index contributed by atoms with van der Waals surface area (Å²) >= 11 is 5.31. The van der Waals surface area contributed by atoms with E-state index in [1.807, 2.05) is 0 Å². The molecule has 0 aliphatic carbocycles. The Balaban J connectivity index is 3.62. The standard InChI is InChI=1S/C6H3Cl2F2NO3S/c7-4-2(12)1-11-6(15(8,13)14)3(4)5(9)10/h1,5,12H. The first-order valence-electron chi connectivity index (χ1n) is 3.35. The Morgan fingerprint density at radius 1 is 1.47 bits per heavy atom. The summed E-state index contributed by atoms with van der Waals surface area (Å²) in [6, 6.07) is 0. The van der Waals surface area contributed by atoms with Crippen LogP contribution in [0.25, 0.3) is 0 Å². The highest BCUT2D eigenvalue weighted by molar-refractivity contribution is 8.13. The third-order valence-corrected chi connectivity index (χ3v) is 3.07. The van der Waals surface area contributed by atoms with Gasteiger partial charge in [0.15, 0.2) is 10.8 Å². The van der Waals surface area contributed by atoms with Crippen molar-refractivity contribution in [1.82, 2.24) is 4.98 Å². The van der Waals surface area contributed by atoms with Gasteiger partial charge < -0.3 is 5.11 Å². The van der Waals surface area contributed by atoms with Gasteiger partial charge in [-0.2, -0.15) is 0 Å². The van der Waals surface area contributed by atoms with Crippen molar-refractivity contribution in [1.29, 1.82) is 0 Å². The van der Waals surface area contributed by atoms with Crippen molar-refractivity contribution in [2.75, 3.05) is 0 Å². The lowest BCUT2D eigenvalue weighted by atomic mass is 10.3. The fourth-order valence-corrected chi connectivity index (χ4v) is 2.14. The van der Waals surface area contributed by atoms with Crippen molar-refractivity contribution < 1.29 is 22.3 Å². The summed E-state index contributed by atoms with van der Waals surface area (Å²) < 4.78 is 46.6. The summed E-state index contributed by atoms with van der Waals surface area (Å²) in [5.41, 5.74) is -1.10. The molecule has 0 unspecified atom stereocenters. The molecule has 0 amide bonds. The maximum Gasteiger partial charge on any atom is 0.279 e. The zero-order chi connectivity index (χ0) is 11.8. The zero-order valence-corrected chi connectivity index (χ0v) is 9.11. The first-order chi connectivity index (χ1) is 6.75. The molecule has 1 aromatic heterocycles. The van der Waals surface area contributed by atoms with Crippen molar-refractivity contribution in [3.8, 4) is 5.75 Å². The molecule has 0 aliphatic heterocycles. The largest absolute Gasteiger partial charge is 0.505 e. The van der Waals surface area contributed by atoms with Gasteiger partial charge in [0.1, 0.15) is 0 Å². The van der Waals surface area contributed by atoms with Crippen molar-refractivity contribution in [3.63, 3.8) is 0 Å².